The summed E-state index contributed by atoms with van der Waals surface area (Å²) >= 11 is 6.18. The van der Waals surface area contributed by atoms with Crippen molar-refractivity contribution in [2.75, 3.05) is 6.61 Å². The highest BCUT2D eigenvalue weighted by molar-refractivity contribution is 6.32. The van der Waals surface area contributed by atoms with Crippen molar-refractivity contribution in [3.8, 4) is 5.75 Å². The lowest BCUT2D eigenvalue weighted by atomic mass is 10.1. The summed E-state index contributed by atoms with van der Waals surface area (Å²) in [5.41, 5.74) is 3.06. The second-order valence-corrected chi connectivity index (χ2v) is 7.62. The molecule has 0 saturated heterocycles. The number of fused-ring (bicyclic) bond motifs is 1. The van der Waals surface area contributed by atoms with E-state index in [9.17, 15) is 4.79 Å². The summed E-state index contributed by atoms with van der Waals surface area (Å²) in [6.07, 6.45) is 1.16. The highest BCUT2D eigenvalue weighted by Crippen LogP contribution is 2.23. The molecule has 6 heteroatoms. The monoisotopic (exact) mass is 433 g/mol. The highest BCUT2D eigenvalue weighted by atomic mass is 35.5. The number of benzene rings is 3. The zero-order chi connectivity index (χ0) is 21.5. The van der Waals surface area contributed by atoms with Gasteiger partial charge in [0.25, 0.3) is 0 Å². The largest absolute Gasteiger partial charge is 0.490 e. The van der Waals surface area contributed by atoms with E-state index in [0.29, 0.717) is 36.9 Å². The molecule has 0 spiro atoms. The van der Waals surface area contributed by atoms with Crippen LogP contribution in [0.5, 0.6) is 5.75 Å². The van der Waals surface area contributed by atoms with Gasteiger partial charge in [0.2, 0.25) is 5.91 Å². The number of rotatable bonds is 9. The Balaban J connectivity index is 1.40. The normalized spacial score (nSPS) is 10.9. The Morgan fingerprint density at radius 2 is 1.71 bits per heavy atom. The molecule has 0 bridgehead atoms. The third-order valence-corrected chi connectivity index (χ3v) is 5.38. The van der Waals surface area contributed by atoms with Gasteiger partial charge in [0.05, 0.1) is 29.1 Å². The molecule has 0 aliphatic heterocycles. The molecule has 0 unspecified atom stereocenters. The van der Waals surface area contributed by atoms with Crippen molar-refractivity contribution in [3.05, 3.63) is 95.3 Å². The fraction of sp³-hybridized carbons (Fsp3) is 0.200. The molecule has 0 aliphatic carbocycles. The van der Waals surface area contributed by atoms with E-state index in [1.54, 1.807) is 6.07 Å². The Hall–Kier alpha value is -3.31. The van der Waals surface area contributed by atoms with Gasteiger partial charge in [-0.1, -0.05) is 66.2 Å². The number of hydrogen-bond acceptors (Lipinski definition) is 3. The van der Waals surface area contributed by atoms with Crippen LogP contribution in [-0.2, 0) is 24.3 Å². The van der Waals surface area contributed by atoms with Crippen molar-refractivity contribution in [2.45, 2.75) is 25.9 Å². The van der Waals surface area contributed by atoms with Crippen LogP contribution in [0.25, 0.3) is 11.0 Å². The molecule has 31 heavy (non-hydrogen) atoms. The predicted octanol–water partition coefficient (Wildman–Crippen LogP) is 5.02. The maximum atomic E-state index is 12.4. The third kappa shape index (κ3) is 5.44. The van der Waals surface area contributed by atoms with Crippen LogP contribution in [0.4, 0.5) is 0 Å². The first-order chi connectivity index (χ1) is 15.2. The number of carbonyl (C=O) groups is 1. The fourth-order valence-electron chi connectivity index (χ4n) is 3.49. The number of carbonyl (C=O) groups excluding carboxylic acids is 1. The van der Waals surface area contributed by atoms with Crippen molar-refractivity contribution < 1.29 is 9.53 Å². The van der Waals surface area contributed by atoms with Gasteiger partial charge in [-0.05, 0) is 36.2 Å². The van der Waals surface area contributed by atoms with Crippen LogP contribution < -0.4 is 10.1 Å². The minimum Gasteiger partial charge on any atom is -0.490 e. The summed E-state index contributed by atoms with van der Waals surface area (Å²) < 4.78 is 7.95. The van der Waals surface area contributed by atoms with E-state index in [2.05, 4.69) is 9.88 Å². The summed E-state index contributed by atoms with van der Waals surface area (Å²) in [5.74, 6) is 1.47. The molecule has 0 fully saturated rings. The quantitative estimate of drug-likeness (QED) is 0.403. The zero-order valence-electron chi connectivity index (χ0n) is 17.1. The van der Waals surface area contributed by atoms with Crippen LogP contribution in [0.2, 0.25) is 5.02 Å². The van der Waals surface area contributed by atoms with Gasteiger partial charge in [-0.2, -0.15) is 0 Å². The molecule has 158 valence electrons. The van der Waals surface area contributed by atoms with Gasteiger partial charge in [0.15, 0.2) is 0 Å². The molecule has 1 N–H and O–H groups in total. The molecular formula is C25H24ClN3O2. The lowest BCUT2D eigenvalue weighted by molar-refractivity contribution is -0.121. The molecule has 0 atom stereocenters. The minimum atomic E-state index is 0.00905. The number of nitrogens with one attached hydrogen (secondary N) is 1. The molecule has 4 aromatic rings. The van der Waals surface area contributed by atoms with Crippen LogP contribution in [0, 0.1) is 0 Å². The van der Waals surface area contributed by atoms with Crippen molar-refractivity contribution in [1.29, 1.82) is 0 Å². The van der Waals surface area contributed by atoms with E-state index in [-0.39, 0.29) is 5.91 Å². The Kier molecular flexibility index (Phi) is 6.85. The van der Waals surface area contributed by atoms with Gasteiger partial charge >= 0.3 is 0 Å². The number of halogens is 1. The lowest BCUT2D eigenvalue weighted by Crippen LogP contribution is -2.25. The van der Waals surface area contributed by atoms with E-state index >= 15 is 0 Å². The maximum Gasteiger partial charge on any atom is 0.220 e. The molecule has 3 aromatic carbocycles. The molecule has 0 aliphatic rings. The van der Waals surface area contributed by atoms with Crippen LogP contribution >= 0.6 is 11.6 Å². The van der Waals surface area contributed by atoms with Gasteiger partial charge in [-0.15, -0.1) is 0 Å². The first-order valence-corrected chi connectivity index (χ1v) is 10.7. The summed E-state index contributed by atoms with van der Waals surface area (Å²) in [4.78, 5) is 17.1. The number of ether oxygens (including phenoxy) is 1. The topological polar surface area (TPSA) is 56.2 Å². The Morgan fingerprint density at radius 1 is 0.968 bits per heavy atom. The second kappa shape index (κ2) is 10.1. The molecule has 1 heterocycles. The van der Waals surface area contributed by atoms with Gasteiger partial charge in [-0.25, -0.2) is 4.98 Å². The van der Waals surface area contributed by atoms with Gasteiger partial charge in [-0.3, -0.25) is 4.79 Å². The molecule has 0 saturated carbocycles. The lowest BCUT2D eigenvalue weighted by Gasteiger charge is -2.12. The molecule has 5 nitrogen and oxygen atoms in total. The fourth-order valence-corrected chi connectivity index (χ4v) is 3.68. The summed E-state index contributed by atoms with van der Waals surface area (Å²) in [6.45, 7) is 1.41. The molecule has 0 radical (unpaired) electrons. The molecule has 1 aromatic heterocycles. The Labute approximate surface area is 186 Å². The minimum absolute atomic E-state index is 0.00905. The average molecular weight is 434 g/mol. The van der Waals surface area contributed by atoms with Crippen LogP contribution in [0.1, 0.15) is 17.8 Å². The number of nitrogens with zero attached hydrogens (tertiary/aromatic N) is 2. The number of imidazole rings is 1. The van der Waals surface area contributed by atoms with Gasteiger partial charge in [0.1, 0.15) is 18.2 Å². The number of hydrogen-bond donors (Lipinski definition) is 1. The van der Waals surface area contributed by atoms with Gasteiger partial charge in [0, 0.05) is 6.42 Å². The number of para-hydroxylation sites is 3. The SMILES string of the molecule is O=C(CCc1ccccc1)NCc1nc2ccccc2n1CCOc1ccccc1Cl. The smallest absolute Gasteiger partial charge is 0.220 e. The Bertz CT molecular complexity index is 1160. The van der Waals surface area contributed by atoms with Crippen LogP contribution in [0.3, 0.4) is 0 Å². The van der Waals surface area contributed by atoms with Crippen LogP contribution in [-0.4, -0.2) is 22.1 Å². The van der Waals surface area contributed by atoms with Crippen molar-refractivity contribution in [2.24, 2.45) is 0 Å². The summed E-state index contributed by atoms with van der Waals surface area (Å²) in [7, 11) is 0. The average Bonchev–Trinajstić information content (AvgIpc) is 3.16. The first-order valence-electron chi connectivity index (χ1n) is 10.3. The first kappa shape index (κ1) is 20.9. The molecule has 4 rings (SSSR count). The van der Waals surface area contributed by atoms with E-state index in [1.165, 1.54) is 0 Å². The predicted molar refractivity (Wildman–Crippen MR) is 123 cm³/mol. The van der Waals surface area contributed by atoms with Gasteiger partial charge < -0.3 is 14.6 Å². The number of amides is 1. The van der Waals surface area contributed by atoms with E-state index in [4.69, 9.17) is 21.3 Å². The van der Waals surface area contributed by atoms with Crippen molar-refractivity contribution >= 4 is 28.5 Å². The second-order valence-electron chi connectivity index (χ2n) is 7.21. The van der Waals surface area contributed by atoms with Crippen molar-refractivity contribution in [3.63, 3.8) is 0 Å². The number of aryl methyl sites for hydroxylation is 1. The van der Waals surface area contributed by atoms with E-state index in [1.807, 2.05) is 72.8 Å². The van der Waals surface area contributed by atoms with Crippen LogP contribution in [0.15, 0.2) is 78.9 Å². The summed E-state index contributed by atoms with van der Waals surface area (Å²) in [5, 5.41) is 3.59. The van der Waals surface area contributed by atoms with E-state index in [0.717, 1.165) is 28.8 Å². The summed E-state index contributed by atoms with van der Waals surface area (Å²) in [6, 6.07) is 25.4. The zero-order valence-corrected chi connectivity index (χ0v) is 17.9. The van der Waals surface area contributed by atoms with E-state index < -0.39 is 0 Å². The number of aromatic nitrogens is 2. The maximum absolute atomic E-state index is 12.4. The molecular weight excluding hydrogens is 410 g/mol. The Morgan fingerprint density at radius 3 is 2.55 bits per heavy atom. The van der Waals surface area contributed by atoms with Crippen molar-refractivity contribution in [1.82, 2.24) is 14.9 Å². The highest BCUT2D eigenvalue weighted by Gasteiger charge is 2.12. The molecule has 1 amide bonds. The standard InChI is InChI=1S/C25H24ClN3O2/c26-20-10-4-7-13-23(20)31-17-16-29-22-12-6-5-11-21(22)28-24(29)18-27-25(30)15-14-19-8-2-1-3-9-19/h1-13H,14-18H2,(H,27,30). The third-order valence-electron chi connectivity index (χ3n) is 5.07.